The third kappa shape index (κ3) is 2.92. The van der Waals surface area contributed by atoms with Crippen LogP contribution in [0.1, 0.15) is 51.0 Å². The molecule has 2 aliphatic carbocycles. The average Bonchev–Trinajstić information content (AvgIpc) is 2.59. The van der Waals surface area contributed by atoms with Crippen molar-refractivity contribution in [2.75, 3.05) is 0 Å². The van der Waals surface area contributed by atoms with Gasteiger partial charge in [-0.1, -0.05) is 107 Å². The maximum absolute atomic E-state index is 13.5. The zero-order valence-electron chi connectivity index (χ0n) is 13.6. The van der Waals surface area contributed by atoms with Crippen molar-refractivity contribution in [3.63, 3.8) is 0 Å². The molecule has 0 fully saturated rings. The third-order valence-electron chi connectivity index (χ3n) is 4.76. The molecule has 0 amide bonds. The van der Waals surface area contributed by atoms with Crippen LogP contribution in [0, 0.1) is 0 Å². The van der Waals surface area contributed by atoms with Crippen LogP contribution in [0.25, 0.3) is 12.2 Å². The summed E-state index contributed by atoms with van der Waals surface area (Å²) in [6.07, 6.45) is 8.58. The predicted octanol–water partition coefficient (Wildman–Crippen LogP) is 7.01. The predicted molar refractivity (Wildman–Crippen MR) is 110 cm³/mol. The summed E-state index contributed by atoms with van der Waals surface area (Å²) in [5, 5.41) is 0. The van der Waals surface area contributed by atoms with Gasteiger partial charge in [-0.3, -0.25) is 4.79 Å². The average molecular weight is 424 g/mol. The van der Waals surface area contributed by atoms with Gasteiger partial charge in [-0.05, 0) is 11.1 Å². The van der Waals surface area contributed by atoms with Crippen molar-refractivity contribution >= 4 is 64.3 Å². The largest absolute Gasteiger partial charge is 0.289 e. The molecule has 0 saturated carbocycles. The number of rotatable bonds is 2. The van der Waals surface area contributed by atoms with E-state index in [1.165, 1.54) is 0 Å². The summed E-state index contributed by atoms with van der Waals surface area (Å²) in [4.78, 5) is 13.5. The molecule has 0 radical (unpaired) electrons. The van der Waals surface area contributed by atoms with Crippen molar-refractivity contribution in [1.82, 2.24) is 0 Å². The van der Waals surface area contributed by atoms with Crippen LogP contribution < -0.4 is 0 Å². The molecule has 0 spiro atoms. The topological polar surface area (TPSA) is 17.1 Å². The van der Waals surface area contributed by atoms with Crippen molar-refractivity contribution in [3.8, 4) is 0 Å². The van der Waals surface area contributed by atoms with E-state index in [1.807, 2.05) is 48.6 Å². The van der Waals surface area contributed by atoms with E-state index in [0.717, 1.165) is 11.1 Å². The number of carbonyl (C=O) groups excluding carboxylic acids is 1. The SMILES string of the molecule is O=C(c1cccc2c1C(Cl)(Cl)CC=C2)c1cccc2c1C(Cl)(Cl)CC=C2. The molecule has 0 heterocycles. The molecule has 0 N–H and O–H groups in total. The minimum Gasteiger partial charge on any atom is -0.289 e. The van der Waals surface area contributed by atoms with E-state index >= 15 is 0 Å². The standard InChI is InChI=1S/C21H14Cl4O/c22-20(23)11-3-7-13-5-1-9-15(17(13)20)19(26)16-10-2-6-14-8-4-12-21(24,25)18(14)16/h1-10H,11-12H2. The van der Waals surface area contributed by atoms with Crippen LogP contribution in [0.2, 0.25) is 0 Å². The highest BCUT2D eigenvalue weighted by atomic mass is 35.5. The van der Waals surface area contributed by atoms with E-state index in [0.29, 0.717) is 35.1 Å². The van der Waals surface area contributed by atoms with Crippen molar-refractivity contribution in [3.05, 3.63) is 81.9 Å². The number of ketones is 1. The lowest BCUT2D eigenvalue weighted by Crippen LogP contribution is -2.23. The molecular weight excluding hydrogens is 410 g/mol. The summed E-state index contributed by atoms with van der Waals surface area (Å²) in [6.45, 7) is 0. The Labute approximate surface area is 172 Å². The Morgan fingerprint density at radius 3 is 1.58 bits per heavy atom. The lowest BCUT2D eigenvalue weighted by molar-refractivity contribution is 0.103. The molecule has 0 atom stereocenters. The highest BCUT2D eigenvalue weighted by molar-refractivity contribution is 6.49. The number of alkyl halides is 4. The van der Waals surface area contributed by atoms with Gasteiger partial charge in [-0.15, -0.1) is 0 Å². The molecule has 2 aromatic rings. The Hall–Kier alpha value is -1.25. The summed E-state index contributed by atoms with van der Waals surface area (Å²) >= 11 is 26.1. The Morgan fingerprint density at radius 1 is 0.731 bits per heavy atom. The Bertz CT molecular complexity index is 892. The van der Waals surface area contributed by atoms with Gasteiger partial charge in [-0.2, -0.15) is 0 Å². The first-order chi connectivity index (χ1) is 12.3. The van der Waals surface area contributed by atoms with Crippen LogP contribution in [-0.2, 0) is 8.67 Å². The van der Waals surface area contributed by atoms with Gasteiger partial charge in [0.2, 0.25) is 0 Å². The number of fused-ring (bicyclic) bond motifs is 2. The zero-order chi connectivity index (χ0) is 18.5. The van der Waals surface area contributed by atoms with Gasteiger partial charge in [0.1, 0.15) is 8.67 Å². The van der Waals surface area contributed by atoms with Crippen molar-refractivity contribution in [1.29, 1.82) is 0 Å². The second-order valence-corrected chi connectivity index (χ2v) is 9.46. The number of benzene rings is 2. The van der Waals surface area contributed by atoms with E-state index in [2.05, 4.69) is 0 Å². The van der Waals surface area contributed by atoms with Gasteiger partial charge in [-0.25, -0.2) is 0 Å². The van der Waals surface area contributed by atoms with Crippen molar-refractivity contribution in [2.24, 2.45) is 0 Å². The first-order valence-electron chi connectivity index (χ1n) is 8.22. The maximum Gasteiger partial charge on any atom is 0.193 e. The Balaban J connectivity index is 1.93. The minimum absolute atomic E-state index is 0.180. The van der Waals surface area contributed by atoms with Gasteiger partial charge in [0, 0.05) is 35.1 Å². The Morgan fingerprint density at radius 2 is 1.15 bits per heavy atom. The second kappa shape index (κ2) is 6.42. The molecular formula is C21H14Cl4O. The second-order valence-electron chi connectivity index (χ2n) is 6.49. The Kier molecular flexibility index (Phi) is 4.48. The summed E-state index contributed by atoms with van der Waals surface area (Å²) in [6, 6.07) is 11.0. The van der Waals surface area contributed by atoms with Crippen LogP contribution >= 0.6 is 46.4 Å². The van der Waals surface area contributed by atoms with E-state index < -0.39 is 8.67 Å². The van der Waals surface area contributed by atoms with Crippen molar-refractivity contribution in [2.45, 2.75) is 21.5 Å². The molecule has 2 aromatic carbocycles. The van der Waals surface area contributed by atoms with E-state index in [4.69, 9.17) is 46.4 Å². The molecule has 132 valence electrons. The van der Waals surface area contributed by atoms with E-state index in [-0.39, 0.29) is 5.78 Å². The maximum atomic E-state index is 13.5. The summed E-state index contributed by atoms with van der Waals surface area (Å²) in [5.74, 6) is -0.180. The molecule has 5 heteroatoms. The smallest absolute Gasteiger partial charge is 0.193 e. The normalized spacial score (nSPS) is 18.9. The zero-order valence-corrected chi connectivity index (χ0v) is 16.6. The number of hydrogen-bond donors (Lipinski definition) is 0. The molecule has 1 nitrogen and oxygen atoms in total. The van der Waals surface area contributed by atoms with Crippen LogP contribution in [0.15, 0.2) is 48.6 Å². The van der Waals surface area contributed by atoms with E-state index in [9.17, 15) is 4.79 Å². The number of carbonyl (C=O) groups is 1. The number of hydrogen-bond acceptors (Lipinski definition) is 1. The fraction of sp³-hybridized carbons (Fsp3) is 0.190. The first-order valence-corrected chi connectivity index (χ1v) is 9.73. The van der Waals surface area contributed by atoms with Crippen LogP contribution in [0.3, 0.4) is 0 Å². The van der Waals surface area contributed by atoms with Crippen LogP contribution in [0.4, 0.5) is 0 Å². The fourth-order valence-corrected chi connectivity index (χ4v) is 4.83. The minimum atomic E-state index is -1.15. The summed E-state index contributed by atoms with van der Waals surface area (Å²) in [5.41, 5.74) is 3.91. The quantitative estimate of drug-likeness (QED) is 0.374. The van der Waals surface area contributed by atoms with E-state index in [1.54, 1.807) is 12.1 Å². The molecule has 2 aliphatic rings. The molecule has 0 unspecified atom stereocenters. The van der Waals surface area contributed by atoms with Gasteiger partial charge in [0.05, 0.1) is 0 Å². The number of allylic oxidation sites excluding steroid dienone is 2. The highest BCUT2D eigenvalue weighted by Gasteiger charge is 2.38. The van der Waals surface area contributed by atoms with Gasteiger partial charge in [0.25, 0.3) is 0 Å². The number of halogens is 4. The molecule has 26 heavy (non-hydrogen) atoms. The van der Waals surface area contributed by atoms with Gasteiger partial charge in [0.15, 0.2) is 5.78 Å². The van der Waals surface area contributed by atoms with Crippen LogP contribution in [-0.4, -0.2) is 5.78 Å². The van der Waals surface area contributed by atoms with Gasteiger partial charge >= 0.3 is 0 Å². The molecule has 0 bridgehead atoms. The summed E-state index contributed by atoms with van der Waals surface area (Å²) < 4.78 is -2.30. The fourth-order valence-electron chi connectivity index (χ4n) is 3.63. The lowest BCUT2D eigenvalue weighted by atomic mass is 9.84. The molecule has 0 aromatic heterocycles. The first kappa shape index (κ1) is 18.1. The monoisotopic (exact) mass is 422 g/mol. The lowest BCUT2D eigenvalue weighted by Gasteiger charge is -2.29. The molecule has 4 rings (SSSR count). The molecule has 0 aliphatic heterocycles. The third-order valence-corrected chi connectivity index (χ3v) is 6.13. The summed E-state index contributed by atoms with van der Waals surface area (Å²) in [7, 11) is 0. The highest BCUT2D eigenvalue weighted by Crippen LogP contribution is 2.47. The van der Waals surface area contributed by atoms with Crippen molar-refractivity contribution < 1.29 is 4.79 Å². The van der Waals surface area contributed by atoms with Crippen LogP contribution in [0.5, 0.6) is 0 Å². The van der Waals surface area contributed by atoms with Gasteiger partial charge < -0.3 is 0 Å². The molecule has 0 saturated heterocycles.